The highest BCUT2D eigenvalue weighted by molar-refractivity contribution is 7.80. The minimum Gasteiger partial charge on any atom is -0.493 e. The number of rotatable bonds is 6. The van der Waals surface area contributed by atoms with Gasteiger partial charge in [-0.15, -0.1) is 0 Å². The Bertz CT molecular complexity index is 415. The fourth-order valence-corrected chi connectivity index (χ4v) is 2.05. The molecule has 0 atom stereocenters. The van der Waals surface area contributed by atoms with Crippen molar-refractivity contribution in [2.75, 3.05) is 6.61 Å². The van der Waals surface area contributed by atoms with Crippen LogP contribution in [-0.4, -0.2) is 11.6 Å². The molecule has 100 valence electrons. The molecule has 0 unspecified atom stereocenters. The van der Waals surface area contributed by atoms with E-state index in [1.54, 1.807) is 18.2 Å². The van der Waals surface area contributed by atoms with Crippen molar-refractivity contribution in [2.24, 2.45) is 11.1 Å². The van der Waals surface area contributed by atoms with Gasteiger partial charge in [0.05, 0.1) is 11.6 Å². The van der Waals surface area contributed by atoms with E-state index in [0.717, 1.165) is 12.8 Å². The third kappa shape index (κ3) is 5.01. The number of nitrogens with two attached hydrogens (primary N) is 1. The average molecular weight is 306 g/mol. The molecule has 1 aromatic carbocycles. The van der Waals surface area contributed by atoms with Crippen LogP contribution < -0.4 is 10.5 Å². The molecule has 0 saturated heterocycles. The molecule has 1 rings (SSSR count). The maximum Gasteiger partial charge on any atom is 0.122 e. The first-order valence-corrected chi connectivity index (χ1v) is 6.86. The summed E-state index contributed by atoms with van der Waals surface area (Å²) in [6, 6.07) is 5.16. The van der Waals surface area contributed by atoms with Crippen LogP contribution in [0, 0.1) is 5.41 Å². The van der Waals surface area contributed by atoms with Gasteiger partial charge in [0.1, 0.15) is 5.75 Å². The molecule has 1 aromatic rings. The monoisotopic (exact) mass is 305 g/mol. The van der Waals surface area contributed by atoms with E-state index in [4.69, 9.17) is 45.9 Å². The molecule has 5 heteroatoms. The van der Waals surface area contributed by atoms with Gasteiger partial charge in [-0.1, -0.05) is 49.3 Å². The molecule has 18 heavy (non-hydrogen) atoms. The number of thiocarbonyl (C=S) groups is 1. The summed E-state index contributed by atoms with van der Waals surface area (Å²) in [5.74, 6) is 0.681. The van der Waals surface area contributed by atoms with E-state index in [1.165, 1.54) is 0 Å². The van der Waals surface area contributed by atoms with Crippen molar-refractivity contribution in [2.45, 2.75) is 26.7 Å². The van der Waals surface area contributed by atoms with Gasteiger partial charge in [0.25, 0.3) is 0 Å². The van der Waals surface area contributed by atoms with Crippen molar-refractivity contribution in [3.05, 3.63) is 28.2 Å². The van der Waals surface area contributed by atoms with Gasteiger partial charge in [-0.3, -0.25) is 0 Å². The zero-order valence-corrected chi connectivity index (χ0v) is 12.8. The molecule has 0 saturated carbocycles. The van der Waals surface area contributed by atoms with E-state index in [0.29, 0.717) is 27.4 Å². The molecule has 0 aliphatic rings. The van der Waals surface area contributed by atoms with Crippen molar-refractivity contribution in [1.82, 2.24) is 0 Å². The lowest BCUT2D eigenvalue weighted by molar-refractivity contribution is 0.288. The Kier molecular flexibility index (Phi) is 5.70. The SMILES string of the molecule is CC(C)(CCCOc1cc(Cl)cc(Cl)c1)C(N)=S. The number of hydrogen-bond donors (Lipinski definition) is 1. The van der Waals surface area contributed by atoms with Gasteiger partial charge in [-0.2, -0.15) is 0 Å². The van der Waals surface area contributed by atoms with Crippen LogP contribution in [0.15, 0.2) is 18.2 Å². The Balaban J connectivity index is 2.40. The lowest BCUT2D eigenvalue weighted by Crippen LogP contribution is -2.30. The summed E-state index contributed by atoms with van der Waals surface area (Å²) < 4.78 is 5.59. The Morgan fingerprint density at radius 3 is 2.33 bits per heavy atom. The average Bonchev–Trinajstić information content (AvgIpc) is 2.23. The molecule has 0 spiro atoms. The summed E-state index contributed by atoms with van der Waals surface area (Å²) in [5.41, 5.74) is 5.52. The van der Waals surface area contributed by atoms with E-state index < -0.39 is 0 Å². The third-order valence-corrected chi connectivity index (χ3v) is 3.71. The molecule has 0 amide bonds. The van der Waals surface area contributed by atoms with E-state index in [9.17, 15) is 0 Å². The van der Waals surface area contributed by atoms with Crippen LogP contribution in [0.25, 0.3) is 0 Å². The van der Waals surface area contributed by atoms with Crippen molar-refractivity contribution in [3.8, 4) is 5.75 Å². The van der Waals surface area contributed by atoms with Gasteiger partial charge in [0.15, 0.2) is 0 Å². The lowest BCUT2D eigenvalue weighted by atomic mass is 9.88. The van der Waals surface area contributed by atoms with E-state index >= 15 is 0 Å². The van der Waals surface area contributed by atoms with Gasteiger partial charge < -0.3 is 10.5 Å². The number of ether oxygens (including phenoxy) is 1. The number of benzene rings is 1. The molecular weight excluding hydrogens is 289 g/mol. The zero-order chi connectivity index (χ0) is 13.8. The molecule has 0 aliphatic heterocycles. The summed E-state index contributed by atoms with van der Waals surface area (Å²) in [7, 11) is 0. The summed E-state index contributed by atoms with van der Waals surface area (Å²) in [6.45, 7) is 4.65. The second kappa shape index (κ2) is 6.60. The van der Waals surface area contributed by atoms with Crippen molar-refractivity contribution in [3.63, 3.8) is 0 Å². The largest absolute Gasteiger partial charge is 0.493 e. The van der Waals surface area contributed by atoms with Crippen LogP contribution in [0.1, 0.15) is 26.7 Å². The molecule has 0 aliphatic carbocycles. The highest BCUT2D eigenvalue weighted by atomic mass is 35.5. The fourth-order valence-electron chi connectivity index (χ4n) is 1.44. The van der Waals surface area contributed by atoms with Crippen LogP contribution in [-0.2, 0) is 0 Å². The molecule has 2 nitrogen and oxygen atoms in total. The molecule has 0 fully saturated rings. The first-order chi connectivity index (χ1) is 8.31. The van der Waals surface area contributed by atoms with Crippen LogP contribution in [0.3, 0.4) is 0 Å². The van der Waals surface area contributed by atoms with Gasteiger partial charge in [-0.05, 0) is 31.0 Å². The Labute approximate surface area is 123 Å². The Morgan fingerprint density at radius 1 is 1.28 bits per heavy atom. The summed E-state index contributed by atoms with van der Waals surface area (Å²) >= 11 is 16.8. The van der Waals surface area contributed by atoms with Crippen molar-refractivity contribution >= 4 is 40.4 Å². The van der Waals surface area contributed by atoms with Crippen LogP contribution in [0.5, 0.6) is 5.75 Å². The molecule has 2 N–H and O–H groups in total. The predicted molar refractivity (Wildman–Crippen MR) is 81.8 cm³/mol. The van der Waals surface area contributed by atoms with E-state index in [2.05, 4.69) is 0 Å². The van der Waals surface area contributed by atoms with E-state index in [-0.39, 0.29) is 5.41 Å². The predicted octanol–water partition coefficient (Wildman–Crippen LogP) is 4.46. The second-order valence-electron chi connectivity index (χ2n) is 4.81. The second-order valence-corrected chi connectivity index (χ2v) is 6.12. The zero-order valence-electron chi connectivity index (χ0n) is 10.5. The van der Waals surface area contributed by atoms with Crippen LogP contribution in [0.4, 0.5) is 0 Å². The number of hydrogen-bond acceptors (Lipinski definition) is 2. The fraction of sp³-hybridized carbons (Fsp3) is 0.462. The lowest BCUT2D eigenvalue weighted by Gasteiger charge is -2.22. The van der Waals surface area contributed by atoms with Gasteiger partial charge >= 0.3 is 0 Å². The van der Waals surface area contributed by atoms with Gasteiger partial charge in [0.2, 0.25) is 0 Å². The van der Waals surface area contributed by atoms with Crippen molar-refractivity contribution < 1.29 is 4.74 Å². The minimum absolute atomic E-state index is 0.134. The molecule has 0 heterocycles. The normalized spacial score (nSPS) is 11.3. The quantitative estimate of drug-likeness (QED) is 0.622. The number of halogens is 2. The molecule has 0 radical (unpaired) electrons. The topological polar surface area (TPSA) is 35.2 Å². The molecular formula is C13H17Cl2NOS. The maximum atomic E-state index is 5.88. The highest BCUT2D eigenvalue weighted by Gasteiger charge is 2.20. The van der Waals surface area contributed by atoms with Crippen LogP contribution >= 0.6 is 35.4 Å². The standard InChI is InChI=1S/C13H17Cl2NOS/c1-13(2,12(16)18)4-3-5-17-11-7-9(14)6-10(15)8-11/h6-8H,3-5H2,1-2H3,(H2,16,18). The van der Waals surface area contributed by atoms with Gasteiger partial charge in [-0.25, -0.2) is 0 Å². The van der Waals surface area contributed by atoms with Gasteiger partial charge in [0, 0.05) is 15.5 Å². The summed E-state index contributed by atoms with van der Waals surface area (Å²) in [5, 5.41) is 1.14. The van der Waals surface area contributed by atoms with Crippen molar-refractivity contribution in [1.29, 1.82) is 0 Å². The molecule has 0 aromatic heterocycles. The van der Waals surface area contributed by atoms with E-state index in [1.807, 2.05) is 13.8 Å². The first-order valence-electron chi connectivity index (χ1n) is 5.70. The smallest absolute Gasteiger partial charge is 0.122 e. The first kappa shape index (κ1) is 15.5. The third-order valence-electron chi connectivity index (χ3n) is 2.72. The van der Waals surface area contributed by atoms with Crippen LogP contribution in [0.2, 0.25) is 10.0 Å². The Hall–Kier alpha value is -0.510. The highest BCUT2D eigenvalue weighted by Crippen LogP contribution is 2.25. The molecule has 0 bridgehead atoms. The Morgan fingerprint density at radius 2 is 1.83 bits per heavy atom. The summed E-state index contributed by atoms with van der Waals surface area (Å²) in [6.07, 6.45) is 1.76. The maximum absolute atomic E-state index is 5.88. The minimum atomic E-state index is -0.134. The summed E-state index contributed by atoms with van der Waals surface area (Å²) in [4.78, 5) is 0.535.